The van der Waals surface area contributed by atoms with E-state index in [1.54, 1.807) is 16.7 Å². The molecular formula is C24H33N5O3S. The number of benzene rings is 1. The zero-order valence-corrected chi connectivity index (χ0v) is 20.3. The molecule has 1 saturated heterocycles. The highest BCUT2D eigenvalue weighted by Crippen LogP contribution is 2.34. The molecule has 1 atom stereocenters. The van der Waals surface area contributed by atoms with Crippen LogP contribution in [-0.2, 0) is 16.0 Å². The van der Waals surface area contributed by atoms with Crippen molar-refractivity contribution in [3.63, 3.8) is 0 Å². The van der Waals surface area contributed by atoms with Crippen LogP contribution in [0.2, 0.25) is 0 Å². The van der Waals surface area contributed by atoms with Crippen LogP contribution in [0.15, 0.2) is 29.4 Å². The van der Waals surface area contributed by atoms with Gasteiger partial charge in [-0.3, -0.25) is 9.59 Å². The summed E-state index contributed by atoms with van der Waals surface area (Å²) in [5.74, 6) is 1.22. The minimum Gasteiger partial charge on any atom is -0.492 e. The van der Waals surface area contributed by atoms with Crippen LogP contribution in [0.25, 0.3) is 0 Å². The largest absolute Gasteiger partial charge is 0.492 e. The number of nitrogens with one attached hydrogen (secondary N) is 1. The predicted octanol–water partition coefficient (Wildman–Crippen LogP) is 3.62. The Morgan fingerprint density at radius 3 is 2.79 bits per heavy atom. The third kappa shape index (κ3) is 5.34. The summed E-state index contributed by atoms with van der Waals surface area (Å²) in [6.07, 6.45) is 8.74. The molecule has 2 heterocycles. The summed E-state index contributed by atoms with van der Waals surface area (Å²) in [5, 5.41) is 12.8. The van der Waals surface area contributed by atoms with Gasteiger partial charge in [0.25, 0.3) is 0 Å². The van der Waals surface area contributed by atoms with Crippen molar-refractivity contribution >= 4 is 29.3 Å². The Labute approximate surface area is 199 Å². The summed E-state index contributed by atoms with van der Waals surface area (Å²) in [4.78, 5) is 27.1. The Kier molecular flexibility index (Phi) is 7.90. The summed E-state index contributed by atoms with van der Waals surface area (Å²) in [6.45, 7) is 3.37. The van der Waals surface area contributed by atoms with E-state index in [2.05, 4.69) is 20.1 Å². The van der Waals surface area contributed by atoms with Crippen LogP contribution >= 0.6 is 11.8 Å². The summed E-state index contributed by atoms with van der Waals surface area (Å²) in [6, 6.07) is 7.99. The van der Waals surface area contributed by atoms with Crippen molar-refractivity contribution in [1.29, 1.82) is 0 Å². The summed E-state index contributed by atoms with van der Waals surface area (Å²) < 4.78 is 7.97. The van der Waals surface area contributed by atoms with Crippen LogP contribution in [0.1, 0.15) is 57.3 Å². The van der Waals surface area contributed by atoms with Crippen molar-refractivity contribution < 1.29 is 14.3 Å². The molecule has 2 fully saturated rings. The van der Waals surface area contributed by atoms with Crippen molar-refractivity contribution in [2.24, 2.45) is 5.92 Å². The standard InChI is InChI=1S/C24H33N5O3S/c1-3-32-20-12-7-6-11-19(20)28-16-17(15-22(28)30)23(31)25-14-8-13-21-26-27-24(33-2)29(21)18-9-4-5-10-18/h6-7,11-12,17-18H,3-5,8-10,13-16H2,1-2H3,(H,25,31). The molecule has 8 nitrogen and oxygen atoms in total. The van der Waals surface area contributed by atoms with E-state index in [4.69, 9.17) is 4.74 Å². The average Bonchev–Trinajstić information content (AvgIpc) is 3.56. The molecule has 1 aliphatic heterocycles. The number of carbonyl (C=O) groups excluding carboxylic acids is 2. The lowest BCUT2D eigenvalue weighted by Crippen LogP contribution is -2.33. The van der Waals surface area contributed by atoms with Crippen LogP contribution in [0.3, 0.4) is 0 Å². The second-order valence-corrected chi connectivity index (χ2v) is 9.39. The highest BCUT2D eigenvalue weighted by Gasteiger charge is 2.36. The first-order chi connectivity index (χ1) is 16.1. The van der Waals surface area contributed by atoms with Crippen LogP contribution < -0.4 is 15.0 Å². The number of aromatic nitrogens is 3. The molecule has 4 rings (SSSR count). The topological polar surface area (TPSA) is 89.3 Å². The van der Waals surface area contributed by atoms with Crippen molar-refractivity contribution in [3.05, 3.63) is 30.1 Å². The van der Waals surface area contributed by atoms with Gasteiger partial charge in [0.2, 0.25) is 11.8 Å². The lowest BCUT2D eigenvalue weighted by atomic mass is 10.1. The molecule has 1 unspecified atom stereocenters. The van der Waals surface area contributed by atoms with E-state index in [1.807, 2.05) is 37.4 Å². The molecular weight excluding hydrogens is 438 g/mol. The van der Waals surface area contributed by atoms with Gasteiger partial charge >= 0.3 is 0 Å². The van der Waals surface area contributed by atoms with E-state index in [9.17, 15) is 9.59 Å². The zero-order valence-electron chi connectivity index (χ0n) is 19.5. The number of aryl methyl sites for hydroxylation is 1. The van der Waals surface area contributed by atoms with Gasteiger partial charge < -0.3 is 19.5 Å². The monoisotopic (exact) mass is 471 g/mol. The van der Waals surface area contributed by atoms with Crippen molar-refractivity contribution in [1.82, 2.24) is 20.1 Å². The normalized spacial score (nSPS) is 18.8. The first kappa shape index (κ1) is 23.6. The predicted molar refractivity (Wildman–Crippen MR) is 129 cm³/mol. The fraction of sp³-hybridized carbons (Fsp3) is 0.583. The summed E-state index contributed by atoms with van der Waals surface area (Å²) in [5.41, 5.74) is 0.732. The number of ether oxygens (including phenoxy) is 1. The van der Waals surface area contributed by atoms with Gasteiger partial charge in [-0.25, -0.2) is 0 Å². The lowest BCUT2D eigenvalue weighted by Gasteiger charge is -2.20. The van der Waals surface area contributed by atoms with E-state index >= 15 is 0 Å². The van der Waals surface area contributed by atoms with Gasteiger partial charge in [0.15, 0.2) is 5.16 Å². The van der Waals surface area contributed by atoms with Crippen molar-refractivity contribution in [3.8, 4) is 5.75 Å². The second kappa shape index (κ2) is 11.0. The number of rotatable bonds is 10. The number of carbonyl (C=O) groups is 2. The van der Waals surface area contributed by atoms with E-state index in [1.165, 1.54) is 25.7 Å². The van der Waals surface area contributed by atoms with E-state index in [0.717, 1.165) is 29.5 Å². The van der Waals surface area contributed by atoms with Gasteiger partial charge in [-0.1, -0.05) is 36.7 Å². The van der Waals surface area contributed by atoms with E-state index in [0.29, 0.717) is 31.5 Å². The number of anilines is 1. The molecule has 2 aliphatic rings. The second-order valence-electron chi connectivity index (χ2n) is 8.61. The Morgan fingerprint density at radius 2 is 2.03 bits per heavy atom. The number of para-hydroxylation sites is 2. The van der Waals surface area contributed by atoms with Gasteiger partial charge in [0, 0.05) is 32.0 Å². The van der Waals surface area contributed by atoms with Crippen molar-refractivity contribution in [2.75, 3.05) is 30.9 Å². The maximum atomic E-state index is 12.8. The molecule has 2 aromatic rings. The number of nitrogens with zero attached hydrogens (tertiary/aromatic N) is 4. The number of thioether (sulfide) groups is 1. The van der Waals surface area contributed by atoms with Crippen LogP contribution in [0, 0.1) is 5.92 Å². The van der Waals surface area contributed by atoms with Gasteiger partial charge in [-0.05, 0) is 44.6 Å². The van der Waals surface area contributed by atoms with Crippen LogP contribution in [-0.4, -0.2) is 52.5 Å². The zero-order chi connectivity index (χ0) is 23.2. The molecule has 9 heteroatoms. The third-order valence-corrected chi connectivity index (χ3v) is 7.08. The summed E-state index contributed by atoms with van der Waals surface area (Å²) in [7, 11) is 0. The molecule has 2 amide bonds. The highest BCUT2D eigenvalue weighted by molar-refractivity contribution is 7.98. The minimum absolute atomic E-state index is 0.0448. The fourth-order valence-corrected chi connectivity index (χ4v) is 5.40. The van der Waals surface area contributed by atoms with E-state index < -0.39 is 0 Å². The molecule has 1 aromatic carbocycles. The summed E-state index contributed by atoms with van der Waals surface area (Å²) >= 11 is 1.64. The minimum atomic E-state index is -0.350. The quantitative estimate of drug-likeness (QED) is 0.421. The smallest absolute Gasteiger partial charge is 0.227 e. The Balaban J connectivity index is 1.29. The molecule has 33 heavy (non-hydrogen) atoms. The SMILES string of the molecule is CCOc1ccccc1N1CC(C(=O)NCCCc2nnc(SC)n2C2CCCC2)CC1=O. The number of hydrogen-bond acceptors (Lipinski definition) is 6. The van der Waals surface area contributed by atoms with Gasteiger partial charge in [-0.2, -0.15) is 0 Å². The first-order valence-corrected chi connectivity index (χ1v) is 13.1. The van der Waals surface area contributed by atoms with Crippen molar-refractivity contribution in [2.45, 2.75) is 63.1 Å². The maximum absolute atomic E-state index is 12.8. The van der Waals surface area contributed by atoms with Crippen LogP contribution in [0.4, 0.5) is 5.69 Å². The molecule has 178 valence electrons. The first-order valence-electron chi connectivity index (χ1n) is 11.9. The Hall–Kier alpha value is -2.55. The maximum Gasteiger partial charge on any atom is 0.227 e. The number of hydrogen-bond donors (Lipinski definition) is 1. The molecule has 1 aliphatic carbocycles. The average molecular weight is 472 g/mol. The Morgan fingerprint density at radius 1 is 1.24 bits per heavy atom. The molecule has 0 radical (unpaired) electrons. The molecule has 1 N–H and O–H groups in total. The molecule has 1 aromatic heterocycles. The van der Waals surface area contributed by atoms with Gasteiger partial charge in [-0.15, -0.1) is 10.2 Å². The van der Waals surface area contributed by atoms with Gasteiger partial charge in [0.05, 0.1) is 18.2 Å². The fourth-order valence-electron chi connectivity index (χ4n) is 4.82. The molecule has 0 bridgehead atoms. The van der Waals surface area contributed by atoms with E-state index in [-0.39, 0.29) is 24.2 Å². The Bertz CT molecular complexity index is 973. The van der Waals surface area contributed by atoms with Crippen LogP contribution in [0.5, 0.6) is 5.75 Å². The van der Waals surface area contributed by atoms with Gasteiger partial charge in [0.1, 0.15) is 11.6 Å². The highest BCUT2D eigenvalue weighted by atomic mass is 32.2. The number of amides is 2. The molecule has 1 saturated carbocycles. The molecule has 0 spiro atoms. The third-order valence-electron chi connectivity index (χ3n) is 6.44. The lowest BCUT2D eigenvalue weighted by molar-refractivity contribution is -0.126.